The van der Waals surface area contributed by atoms with Crippen molar-refractivity contribution in [1.29, 1.82) is 0 Å². The van der Waals surface area contributed by atoms with Gasteiger partial charge in [-0.1, -0.05) is 20.3 Å². The maximum atomic E-state index is 11.8. The van der Waals surface area contributed by atoms with Gasteiger partial charge in [-0.15, -0.1) is 11.3 Å². The van der Waals surface area contributed by atoms with E-state index in [1.165, 1.54) is 16.2 Å². The lowest BCUT2D eigenvalue weighted by Crippen LogP contribution is -2.08. The Kier molecular flexibility index (Phi) is 6.25. The molecule has 4 nitrogen and oxygen atoms in total. The number of hydrogen-bond acceptors (Lipinski definition) is 5. The van der Waals surface area contributed by atoms with Crippen molar-refractivity contribution in [3.8, 4) is 0 Å². The van der Waals surface area contributed by atoms with Gasteiger partial charge in [-0.2, -0.15) is 0 Å². The molecule has 18 heavy (non-hydrogen) atoms. The quantitative estimate of drug-likeness (QED) is 0.797. The van der Waals surface area contributed by atoms with Crippen molar-refractivity contribution in [2.45, 2.75) is 45.4 Å². The third kappa shape index (κ3) is 4.66. The molecule has 0 aliphatic carbocycles. The number of nitrogens with zero attached hydrogens (tertiary/aromatic N) is 1. The van der Waals surface area contributed by atoms with Crippen LogP contribution >= 0.6 is 11.3 Å². The van der Waals surface area contributed by atoms with Gasteiger partial charge in [-0.25, -0.2) is 13.4 Å². The van der Waals surface area contributed by atoms with Gasteiger partial charge in [0.2, 0.25) is 0 Å². The van der Waals surface area contributed by atoms with Gasteiger partial charge in [0, 0.05) is 11.4 Å². The van der Waals surface area contributed by atoms with Crippen LogP contribution < -0.4 is 5.32 Å². The summed E-state index contributed by atoms with van der Waals surface area (Å²) in [7, 11) is -1.10. The van der Waals surface area contributed by atoms with Crippen molar-refractivity contribution >= 4 is 21.2 Å². The van der Waals surface area contributed by atoms with Gasteiger partial charge in [-0.05, 0) is 19.9 Å². The number of rotatable bonds is 8. The maximum Gasteiger partial charge on any atom is 0.156 e. The van der Waals surface area contributed by atoms with Crippen molar-refractivity contribution in [2.75, 3.05) is 12.8 Å². The van der Waals surface area contributed by atoms with Gasteiger partial charge in [0.05, 0.1) is 11.4 Å². The Balaban J connectivity index is 2.87. The van der Waals surface area contributed by atoms with E-state index in [0.29, 0.717) is 6.42 Å². The number of aromatic nitrogens is 1. The van der Waals surface area contributed by atoms with E-state index in [-0.39, 0.29) is 11.5 Å². The predicted octanol–water partition coefficient (Wildman–Crippen LogP) is 2.14. The first-order valence-corrected chi connectivity index (χ1v) is 8.98. The molecule has 104 valence electrons. The van der Waals surface area contributed by atoms with Crippen molar-refractivity contribution in [3.05, 3.63) is 15.6 Å². The molecule has 0 bridgehead atoms. The Morgan fingerprint density at radius 3 is 2.56 bits per heavy atom. The topological polar surface area (TPSA) is 59.1 Å². The third-order valence-electron chi connectivity index (χ3n) is 2.51. The van der Waals surface area contributed by atoms with Crippen molar-refractivity contribution in [3.63, 3.8) is 0 Å². The van der Waals surface area contributed by atoms with Crippen LogP contribution in [0.15, 0.2) is 0 Å². The van der Waals surface area contributed by atoms with Crippen LogP contribution in [-0.4, -0.2) is 26.2 Å². The van der Waals surface area contributed by atoms with E-state index < -0.39 is 9.84 Å². The average Bonchev–Trinajstić information content (AvgIpc) is 2.60. The standard InChI is InChI=1S/C12H22N2O2S2/c1-4-6-10-11(8-13-3)17-12(14-10)9-18(15,16)7-5-2/h13H,4-9H2,1-3H3. The summed E-state index contributed by atoms with van der Waals surface area (Å²) in [5, 5.41) is 3.84. The molecule has 0 amide bonds. The van der Waals surface area contributed by atoms with Crippen molar-refractivity contribution in [2.24, 2.45) is 0 Å². The smallest absolute Gasteiger partial charge is 0.156 e. The van der Waals surface area contributed by atoms with Gasteiger partial charge in [-0.3, -0.25) is 0 Å². The van der Waals surface area contributed by atoms with Crippen molar-refractivity contribution in [1.82, 2.24) is 10.3 Å². The van der Waals surface area contributed by atoms with E-state index in [9.17, 15) is 8.42 Å². The molecule has 6 heteroatoms. The molecule has 1 aromatic heterocycles. The number of thiazole rings is 1. The van der Waals surface area contributed by atoms with Crippen LogP contribution in [0, 0.1) is 0 Å². The van der Waals surface area contributed by atoms with Crippen molar-refractivity contribution < 1.29 is 8.42 Å². The molecule has 0 radical (unpaired) electrons. The van der Waals surface area contributed by atoms with E-state index in [2.05, 4.69) is 17.2 Å². The molecule has 0 fully saturated rings. The number of aryl methyl sites for hydroxylation is 1. The molecule has 0 aliphatic rings. The number of sulfone groups is 1. The Hall–Kier alpha value is -0.460. The Bertz CT molecular complexity index is 443. The van der Waals surface area contributed by atoms with E-state index in [0.717, 1.165) is 30.1 Å². The lowest BCUT2D eigenvalue weighted by atomic mass is 10.2. The first-order valence-electron chi connectivity index (χ1n) is 6.34. The summed E-state index contributed by atoms with van der Waals surface area (Å²) in [6.45, 7) is 4.76. The highest BCUT2D eigenvalue weighted by Gasteiger charge is 2.16. The highest BCUT2D eigenvalue weighted by molar-refractivity contribution is 7.90. The zero-order valence-electron chi connectivity index (χ0n) is 11.3. The summed E-state index contributed by atoms with van der Waals surface area (Å²) >= 11 is 1.52. The fourth-order valence-corrected chi connectivity index (χ4v) is 4.70. The Morgan fingerprint density at radius 2 is 2.00 bits per heavy atom. The molecule has 1 heterocycles. The molecule has 1 N–H and O–H groups in total. The van der Waals surface area contributed by atoms with E-state index >= 15 is 0 Å². The first-order chi connectivity index (χ1) is 8.52. The summed E-state index contributed by atoms with van der Waals surface area (Å²) in [5.74, 6) is 0.336. The predicted molar refractivity (Wildman–Crippen MR) is 76.7 cm³/mol. The number of nitrogens with one attached hydrogen (secondary N) is 1. The molecule has 0 aromatic carbocycles. The molecular formula is C12H22N2O2S2. The summed E-state index contributed by atoms with van der Waals surface area (Å²) in [4.78, 5) is 5.65. The molecule has 0 spiro atoms. The van der Waals surface area contributed by atoms with E-state index in [1.807, 2.05) is 14.0 Å². The summed E-state index contributed by atoms with van der Waals surface area (Å²) in [5.41, 5.74) is 1.05. The van der Waals surface area contributed by atoms with Crippen LogP contribution in [0.3, 0.4) is 0 Å². The van der Waals surface area contributed by atoms with Crippen LogP contribution in [0.25, 0.3) is 0 Å². The molecule has 0 saturated heterocycles. The zero-order chi connectivity index (χ0) is 13.6. The fourth-order valence-electron chi connectivity index (χ4n) is 1.80. The number of hydrogen-bond donors (Lipinski definition) is 1. The molecular weight excluding hydrogens is 268 g/mol. The molecule has 1 aromatic rings. The normalized spacial score (nSPS) is 11.9. The van der Waals surface area contributed by atoms with Crippen LogP contribution in [0.2, 0.25) is 0 Å². The van der Waals surface area contributed by atoms with Gasteiger partial charge >= 0.3 is 0 Å². The maximum absolute atomic E-state index is 11.8. The second-order valence-electron chi connectivity index (χ2n) is 4.35. The SMILES string of the molecule is CCCc1nc(CS(=O)(=O)CCC)sc1CNC. The molecule has 0 unspecified atom stereocenters. The minimum atomic E-state index is -2.99. The van der Waals surface area contributed by atoms with Crippen LogP contribution in [0.5, 0.6) is 0 Å². The van der Waals surface area contributed by atoms with Crippen LogP contribution in [0.4, 0.5) is 0 Å². The third-order valence-corrected chi connectivity index (χ3v) is 5.53. The lowest BCUT2D eigenvalue weighted by molar-refractivity contribution is 0.593. The minimum Gasteiger partial charge on any atom is -0.315 e. The second-order valence-corrected chi connectivity index (χ2v) is 7.70. The van der Waals surface area contributed by atoms with E-state index in [4.69, 9.17) is 0 Å². The van der Waals surface area contributed by atoms with Crippen LogP contribution in [0.1, 0.15) is 42.3 Å². The first kappa shape index (κ1) is 15.6. The van der Waals surface area contributed by atoms with E-state index in [1.54, 1.807) is 0 Å². The molecule has 1 rings (SSSR count). The average molecular weight is 290 g/mol. The lowest BCUT2D eigenvalue weighted by Gasteiger charge is -1.98. The second kappa shape index (κ2) is 7.21. The van der Waals surface area contributed by atoms with Gasteiger partial charge in [0.25, 0.3) is 0 Å². The molecule has 0 saturated carbocycles. The van der Waals surface area contributed by atoms with Gasteiger partial charge < -0.3 is 5.32 Å². The summed E-state index contributed by atoms with van der Waals surface area (Å²) in [6.07, 6.45) is 2.61. The molecule has 0 aliphatic heterocycles. The monoisotopic (exact) mass is 290 g/mol. The Labute approximate surface area is 114 Å². The highest BCUT2D eigenvalue weighted by Crippen LogP contribution is 2.22. The molecule has 0 atom stereocenters. The minimum absolute atomic E-state index is 0.0892. The fraction of sp³-hybridized carbons (Fsp3) is 0.750. The Morgan fingerprint density at radius 1 is 1.28 bits per heavy atom. The van der Waals surface area contributed by atoms with Crippen LogP contribution in [-0.2, 0) is 28.6 Å². The highest BCUT2D eigenvalue weighted by atomic mass is 32.2. The zero-order valence-corrected chi connectivity index (χ0v) is 13.0. The summed E-state index contributed by atoms with van der Waals surface area (Å²) < 4.78 is 23.6. The van der Waals surface area contributed by atoms with Gasteiger partial charge in [0.1, 0.15) is 10.8 Å². The summed E-state index contributed by atoms with van der Waals surface area (Å²) in [6, 6.07) is 0. The largest absolute Gasteiger partial charge is 0.315 e. The van der Waals surface area contributed by atoms with Gasteiger partial charge in [0.15, 0.2) is 9.84 Å².